The van der Waals surface area contributed by atoms with E-state index in [0.717, 1.165) is 62.2 Å². The Kier molecular flexibility index (Phi) is 5.91. The van der Waals surface area contributed by atoms with E-state index in [4.69, 9.17) is 19.4 Å². The first-order valence-corrected chi connectivity index (χ1v) is 15.3. The van der Waals surface area contributed by atoms with Gasteiger partial charge in [-0.2, -0.15) is 0 Å². The molecule has 0 amide bonds. The molecule has 0 aliphatic heterocycles. The average molecular weight is 578 g/mol. The zero-order valence-corrected chi connectivity index (χ0v) is 24.4. The van der Waals surface area contributed by atoms with E-state index in [2.05, 4.69) is 127 Å². The minimum absolute atomic E-state index is 0.620. The number of rotatable bonds is 4. The number of furan rings is 1. The molecule has 9 rings (SSSR count). The second kappa shape index (κ2) is 10.4. The van der Waals surface area contributed by atoms with Crippen molar-refractivity contribution in [2.24, 2.45) is 0 Å². The number of hydrogen-bond acceptors (Lipinski definition) is 4. The summed E-state index contributed by atoms with van der Waals surface area (Å²) in [5.74, 6) is 1.90. The maximum absolute atomic E-state index is 6.38. The van der Waals surface area contributed by atoms with Crippen LogP contribution in [-0.2, 0) is 0 Å². The van der Waals surface area contributed by atoms with Crippen LogP contribution in [0.2, 0.25) is 0 Å². The van der Waals surface area contributed by atoms with Gasteiger partial charge in [0, 0.05) is 27.5 Å². The van der Waals surface area contributed by atoms with Crippen LogP contribution in [0, 0.1) is 0 Å². The topological polar surface area (TPSA) is 51.8 Å². The zero-order valence-electron chi connectivity index (χ0n) is 24.4. The highest BCUT2D eigenvalue weighted by molar-refractivity contribution is 6.12. The second-order valence-electron chi connectivity index (χ2n) is 11.6. The van der Waals surface area contributed by atoms with Crippen LogP contribution >= 0.6 is 0 Å². The van der Waals surface area contributed by atoms with Crippen molar-refractivity contribution in [1.29, 1.82) is 0 Å². The molecule has 2 heterocycles. The molecule has 2 aromatic heterocycles. The van der Waals surface area contributed by atoms with Crippen LogP contribution in [0.15, 0.2) is 144 Å². The fourth-order valence-electron chi connectivity index (χ4n) is 6.47. The van der Waals surface area contributed by atoms with E-state index in [1.165, 1.54) is 21.9 Å². The van der Waals surface area contributed by atoms with Crippen LogP contribution in [0.1, 0.15) is 18.4 Å². The highest BCUT2D eigenvalue weighted by Gasteiger charge is 2.19. The second-order valence-corrected chi connectivity index (χ2v) is 11.6. The van der Waals surface area contributed by atoms with Crippen LogP contribution in [0.25, 0.3) is 83.2 Å². The van der Waals surface area contributed by atoms with Gasteiger partial charge in [-0.3, -0.25) is 0 Å². The van der Waals surface area contributed by atoms with Gasteiger partial charge in [0.25, 0.3) is 0 Å². The van der Waals surface area contributed by atoms with E-state index in [1.807, 2.05) is 12.1 Å². The monoisotopic (exact) mass is 577 g/mol. The Balaban J connectivity index is 1.29. The van der Waals surface area contributed by atoms with Crippen molar-refractivity contribution in [3.8, 4) is 34.2 Å². The Morgan fingerprint density at radius 1 is 0.511 bits per heavy atom. The molecule has 0 fully saturated rings. The van der Waals surface area contributed by atoms with E-state index in [1.54, 1.807) is 0 Å². The molecule has 0 saturated heterocycles. The summed E-state index contributed by atoms with van der Waals surface area (Å²) in [6.45, 7) is 0. The molecule has 0 radical (unpaired) electrons. The van der Waals surface area contributed by atoms with Gasteiger partial charge < -0.3 is 4.42 Å². The SMILES string of the molecule is C1=CCCC(c2ccc3oc4cccc(-c5nc(-c6ccc7ccccc7c6)nc(-c6ccc7ccccc7c6)n5)c4c3c2)=C1. The van der Waals surface area contributed by atoms with Gasteiger partial charge in [0.1, 0.15) is 11.2 Å². The summed E-state index contributed by atoms with van der Waals surface area (Å²) >= 11 is 0. The first-order valence-electron chi connectivity index (χ1n) is 15.3. The largest absolute Gasteiger partial charge is 0.456 e. The van der Waals surface area contributed by atoms with Gasteiger partial charge in [0.15, 0.2) is 17.5 Å². The van der Waals surface area contributed by atoms with Crippen LogP contribution in [0.5, 0.6) is 0 Å². The highest BCUT2D eigenvalue weighted by atomic mass is 16.3. The molecule has 0 spiro atoms. The lowest BCUT2D eigenvalue weighted by Gasteiger charge is -2.11. The van der Waals surface area contributed by atoms with Crippen molar-refractivity contribution < 1.29 is 4.42 Å². The summed E-state index contributed by atoms with van der Waals surface area (Å²) in [4.78, 5) is 15.3. The van der Waals surface area contributed by atoms with Crippen LogP contribution in [-0.4, -0.2) is 15.0 Å². The Bertz CT molecular complexity index is 2400. The lowest BCUT2D eigenvalue weighted by Crippen LogP contribution is -2.00. The zero-order chi connectivity index (χ0) is 29.7. The van der Waals surface area contributed by atoms with Gasteiger partial charge >= 0.3 is 0 Å². The molecule has 4 heteroatoms. The molecule has 4 nitrogen and oxygen atoms in total. The van der Waals surface area contributed by atoms with Crippen molar-refractivity contribution in [2.75, 3.05) is 0 Å². The van der Waals surface area contributed by atoms with Crippen molar-refractivity contribution in [2.45, 2.75) is 12.8 Å². The number of benzene rings is 6. The van der Waals surface area contributed by atoms with Gasteiger partial charge in [-0.1, -0.05) is 109 Å². The van der Waals surface area contributed by atoms with Crippen molar-refractivity contribution in [3.05, 3.63) is 145 Å². The van der Waals surface area contributed by atoms with Gasteiger partial charge in [0.2, 0.25) is 0 Å². The molecule has 0 saturated carbocycles. The molecule has 0 N–H and O–H groups in total. The number of nitrogens with zero attached hydrogens (tertiary/aromatic N) is 3. The first-order chi connectivity index (χ1) is 22.3. The molecule has 1 aliphatic carbocycles. The number of fused-ring (bicyclic) bond motifs is 5. The standard InChI is InChI=1S/C41H27N3O/c1-2-9-26(10-3-1)31-21-22-36-35(25-31)38-34(15-8-16-37(38)45-36)41-43-39(32-19-17-27-11-4-6-13-29(27)23-32)42-40(44-41)33-20-18-28-12-5-7-14-30(28)24-33/h1-2,4-9,11-25H,3,10H2. The lowest BCUT2D eigenvalue weighted by molar-refractivity contribution is 0.669. The molecule has 0 atom stereocenters. The number of hydrogen-bond donors (Lipinski definition) is 0. The molecule has 6 aromatic carbocycles. The van der Waals surface area contributed by atoms with E-state index in [-0.39, 0.29) is 0 Å². The van der Waals surface area contributed by atoms with E-state index >= 15 is 0 Å². The van der Waals surface area contributed by atoms with Gasteiger partial charge in [0.05, 0.1) is 0 Å². The van der Waals surface area contributed by atoms with Crippen molar-refractivity contribution >= 4 is 49.1 Å². The fourth-order valence-corrected chi connectivity index (χ4v) is 6.47. The quantitative estimate of drug-likeness (QED) is 0.209. The molecule has 8 aromatic rings. The molecule has 212 valence electrons. The van der Waals surface area contributed by atoms with Gasteiger partial charge in [-0.25, -0.2) is 15.0 Å². The number of aromatic nitrogens is 3. The maximum Gasteiger partial charge on any atom is 0.164 e. The third kappa shape index (κ3) is 4.50. The minimum atomic E-state index is 0.620. The molecular formula is C41H27N3O. The summed E-state index contributed by atoms with van der Waals surface area (Å²) in [6, 6.07) is 42.1. The summed E-state index contributed by atoms with van der Waals surface area (Å²) in [7, 11) is 0. The fraction of sp³-hybridized carbons (Fsp3) is 0.0488. The summed E-state index contributed by atoms with van der Waals surface area (Å²) in [5.41, 5.74) is 7.04. The Hall–Kier alpha value is -5.87. The van der Waals surface area contributed by atoms with E-state index < -0.39 is 0 Å². The molecule has 0 unspecified atom stereocenters. The maximum atomic E-state index is 6.38. The molecule has 45 heavy (non-hydrogen) atoms. The first kappa shape index (κ1) is 25.6. The molecular weight excluding hydrogens is 550 g/mol. The van der Waals surface area contributed by atoms with E-state index in [0.29, 0.717) is 17.5 Å². The average Bonchev–Trinajstić information content (AvgIpc) is 3.49. The third-order valence-electron chi connectivity index (χ3n) is 8.77. The highest BCUT2D eigenvalue weighted by Crippen LogP contribution is 2.38. The summed E-state index contributed by atoms with van der Waals surface area (Å²) in [6.07, 6.45) is 8.67. The molecule has 1 aliphatic rings. The van der Waals surface area contributed by atoms with Crippen LogP contribution < -0.4 is 0 Å². The van der Waals surface area contributed by atoms with Gasteiger partial charge in [-0.05, 0) is 75.9 Å². The molecule has 0 bridgehead atoms. The summed E-state index contributed by atoms with van der Waals surface area (Å²) in [5, 5.41) is 6.73. The summed E-state index contributed by atoms with van der Waals surface area (Å²) < 4.78 is 6.38. The normalized spacial score (nSPS) is 13.2. The van der Waals surface area contributed by atoms with Crippen LogP contribution in [0.3, 0.4) is 0 Å². The smallest absolute Gasteiger partial charge is 0.164 e. The Labute approximate surface area is 260 Å². The van der Waals surface area contributed by atoms with Gasteiger partial charge in [-0.15, -0.1) is 0 Å². The van der Waals surface area contributed by atoms with Crippen molar-refractivity contribution in [1.82, 2.24) is 15.0 Å². The van der Waals surface area contributed by atoms with Crippen molar-refractivity contribution in [3.63, 3.8) is 0 Å². The minimum Gasteiger partial charge on any atom is -0.456 e. The number of allylic oxidation sites excluding steroid dienone is 4. The van der Waals surface area contributed by atoms with E-state index in [9.17, 15) is 0 Å². The van der Waals surface area contributed by atoms with Crippen LogP contribution in [0.4, 0.5) is 0 Å². The third-order valence-corrected chi connectivity index (χ3v) is 8.77. The Morgan fingerprint density at radius 3 is 1.82 bits per heavy atom. The predicted molar refractivity (Wildman–Crippen MR) is 185 cm³/mol. The Morgan fingerprint density at radius 2 is 1.16 bits per heavy atom. The predicted octanol–water partition coefficient (Wildman–Crippen LogP) is 10.8. The lowest BCUT2D eigenvalue weighted by atomic mass is 9.95.